The summed E-state index contributed by atoms with van der Waals surface area (Å²) in [6.07, 6.45) is 1.28. The molecule has 124 valence electrons. The van der Waals surface area contributed by atoms with Crippen LogP contribution in [0, 0.1) is 11.6 Å². The van der Waals surface area contributed by atoms with Crippen LogP contribution in [-0.4, -0.2) is 35.7 Å². The van der Waals surface area contributed by atoms with Crippen LogP contribution in [0.25, 0.3) is 0 Å². The van der Waals surface area contributed by atoms with Crippen molar-refractivity contribution in [2.45, 2.75) is 45.3 Å². The number of aliphatic hydroxyl groups is 1. The fourth-order valence-corrected chi connectivity index (χ4v) is 2.12. The Bertz CT molecular complexity index is 495. The first-order valence-corrected chi connectivity index (χ1v) is 7.49. The molecule has 2 atom stereocenters. The lowest BCUT2D eigenvalue weighted by Gasteiger charge is -2.24. The van der Waals surface area contributed by atoms with E-state index in [-0.39, 0.29) is 11.6 Å². The molecule has 2 N–H and O–H groups in total. The van der Waals surface area contributed by atoms with Crippen molar-refractivity contribution >= 4 is 6.03 Å². The highest BCUT2D eigenvalue weighted by Crippen LogP contribution is 2.22. The number of carbonyl (C=O) groups excluding carboxylic acids is 1. The van der Waals surface area contributed by atoms with Gasteiger partial charge in [0.25, 0.3) is 0 Å². The third kappa shape index (κ3) is 5.60. The van der Waals surface area contributed by atoms with Crippen LogP contribution in [-0.2, 0) is 0 Å². The average Bonchev–Trinajstić information content (AvgIpc) is 2.44. The zero-order chi connectivity index (χ0) is 16.7. The van der Waals surface area contributed by atoms with Crippen molar-refractivity contribution in [1.29, 1.82) is 0 Å². The van der Waals surface area contributed by atoms with Gasteiger partial charge >= 0.3 is 6.03 Å². The first-order chi connectivity index (χ1) is 10.3. The molecule has 22 heavy (non-hydrogen) atoms. The van der Waals surface area contributed by atoms with E-state index in [1.165, 1.54) is 17.0 Å². The maximum Gasteiger partial charge on any atom is 0.317 e. The predicted molar refractivity (Wildman–Crippen MR) is 81.5 cm³/mol. The van der Waals surface area contributed by atoms with E-state index in [1.54, 1.807) is 14.0 Å². The molecular weight excluding hydrogens is 290 g/mol. The van der Waals surface area contributed by atoms with Crippen LogP contribution in [0.2, 0.25) is 0 Å². The van der Waals surface area contributed by atoms with Crippen molar-refractivity contribution in [2.24, 2.45) is 0 Å². The van der Waals surface area contributed by atoms with E-state index in [4.69, 9.17) is 0 Å². The number of nitrogens with one attached hydrogen (secondary N) is 1. The highest BCUT2D eigenvalue weighted by Gasteiger charge is 2.20. The fourth-order valence-electron chi connectivity index (χ4n) is 2.12. The first kappa shape index (κ1) is 18.4. The van der Waals surface area contributed by atoms with Gasteiger partial charge < -0.3 is 15.3 Å². The van der Waals surface area contributed by atoms with Crippen LogP contribution in [0.15, 0.2) is 18.2 Å². The molecular formula is C16H24F2N2O2. The first-order valence-electron chi connectivity index (χ1n) is 7.49. The van der Waals surface area contributed by atoms with Crippen molar-refractivity contribution in [2.75, 3.05) is 13.6 Å². The molecule has 0 radical (unpaired) electrons. The molecule has 1 aromatic carbocycles. The average molecular weight is 314 g/mol. The molecule has 1 rings (SSSR count). The summed E-state index contributed by atoms with van der Waals surface area (Å²) in [6, 6.07) is 2.52. The van der Waals surface area contributed by atoms with Gasteiger partial charge in [0.2, 0.25) is 0 Å². The second-order valence-corrected chi connectivity index (χ2v) is 5.52. The monoisotopic (exact) mass is 314 g/mol. The standard InChI is InChI=1S/C16H24F2N2O2/c1-4-5-15(13-7-6-12(17)10-14(13)18)19-16(22)20(3)9-8-11(2)21/h6-7,10-11,15,21H,4-5,8-9H2,1-3H3,(H,19,22). The van der Waals surface area contributed by atoms with Gasteiger partial charge in [-0.15, -0.1) is 0 Å². The molecule has 4 nitrogen and oxygen atoms in total. The van der Waals surface area contributed by atoms with E-state index >= 15 is 0 Å². The van der Waals surface area contributed by atoms with Crippen LogP contribution in [0.3, 0.4) is 0 Å². The molecule has 2 amide bonds. The van der Waals surface area contributed by atoms with Crippen molar-refractivity contribution in [1.82, 2.24) is 10.2 Å². The number of rotatable bonds is 7. The van der Waals surface area contributed by atoms with Gasteiger partial charge in [0.1, 0.15) is 11.6 Å². The number of nitrogens with zero attached hydrogens (tertiary/aromatic N) is 1. The van der Waals surface area contributed by atoms with Crippen molar-refractivity contribution in [3.63, 3.8) is 0 Å². The summed E-state index contributed by atoms with van der Waals surface area (Å²) in [4.78, 5) is 13.6. The predicted octanol–water partition coefficient (Wildman–Crippen LogP) is 3.22. The lowest BCUT2D eigenvalue weighted by Crippen LogP contribution is -2.40. The molecule has 0 spiro atoms. The molecule has 0 aromatic heterocycles. The molecule has 6 heteroatoms. The highest BCUT2D eigenvalue weighted by atomic mass is 19.1. The number of hydrogen-bond donors (Lipinski definition) is 2. The summed E-state index contributed by atoms with van der Waals surface area (Å²) in [6.45, 7) is 3.98. The van der Waals surface area contributed by atoms with Crippen molar-refractivity contribution in [3.05, 3.63) is 35.4 Å². The topological polar surface area (TPSA) is 52.6 Å². The second kappa shape index (κ2) is 8.68. The van der Waals surface area contributed by atoms with Crippen LogP contribution < -0.4 is 5.32 Å². The summed E-state index contributed by atoms with van der Waals surface area (Å²) in [7, 11) is 1.61. The zero-order valence-electron chi connectivity index (χ0n) is 13.3. The van der Waals surface area contributed by atoms with Gasteiger partial charge in [0.15, 0.2) is 0 Å². The minimum atomic E-state index is -0.662. The molecule has 0 saturated heterocycles. The van der Waals surface area contributed by atoms with Gasteiger partial charge in [0, 0.05) is 25.2 Å². The number of carbonyl (C=O) groups is 1. The summed E-state index contributed by atoms with van der Waals surface area (Å²) < 4.78 is 26.9. The van der Waals surface area contributed by atoms with Gasteiger partial charge in [-0.3, -0.25) is 0 Å². The van der Waals surface area contributed by atoms with E-state index in [1.807, 2.05) is 6.92 Å². The number of aliphatic hydroxyl groups excluding tert-OH is 1. The van der Waals surface area contributed by atoms with E-state index in [9.17, 15) is 18.7 Å². The highest BCUT2D eigenvalue weighted by molar-refractivity contribution is 5.74. The molecule has 2 unspecified atom stereocenters. The van der Waals surface area contributed by atoms with Gasteiger partial charge in [-0.25, -0.2) is 13.6 Å². The second-order valence-electron chi connectivity index (χ2n) is 5.52. The summed E-state index contributed by atoms with van der Waals surface area (Å²) in [5.74, 6) is -1.30. The lowest BCUT2D eigenvalue weighted by molar-refractivity contribution is 0.162. The Hall–Kier alpha value is -1.69. The Morgan fingerprint density at radius 1 is 1.36 bits per heavy atom. The molecule has 0 fully saturated rings. The molecule has 1 aromatic rings. The Morgan fingerprint density at radius 2 is 2.05 bits per heavy atom. The Labute approximate surface area is 130 Å². The molecule has 0 aliphatic carbocycles. The van der Waals surface area contributed by atoms with E-state index in [2.05, 4.69) is 5.32 Å². The molecule has 0 bridgehead atoms. The minimum absolute atomic E-state index is 0.278. The van der Waals surface area contributed by atoms with E-state index < -0.39 is 23.8 Å². The van der Waals surface area contributed by atoms with Gasteiger partial charge in [-0.1, -0.05) is 19.4 Å². The number of benzene rings is 1. The largest absolute Gasteiger partial charge is 0.393 e. The van der Waals surface area contributed by atoms with E-state index in [0.29, 0.717) is 19.4 Å². The minimum Gasteiger partial charge on any atom is -0.393 e. The Kier molecular flexibility index (Phi) is 7.24. The van der Waals surface area contributed by atoms with Gasteiger partial charge in [-0.05, 0) is 25.8 Å². The summed E-state index contributed by atoms with van der Waals surface area (Å²) in [5.41, 5.74) is 0.278. The van der Waals surface area contributed by atoms with Gasteiger partial charge in [-0.2, -0.15) is 0 Å². The number of hydrogen-bond acceptors (Lipinski definition) is 2. The maximum atomic E-state index is 13.9. The maximum absolute atomic E-state index is 13.9. The van der Waals surface area contributed by atoms with Crippen LogP contribution in [0.5, 0.6) is 0 Å². The summed E-state index contributed by atoms with van der Waals surface area (Å²) >= 11 is 0. The third-order valence-electron chi connectivity index (χ3n) is 3.44. The van der Waals surface area contributed by atoms with Crippen molar-refractivity contribution < 1.29 is 18.7 Å². The van der Waals surface area contributed by atoms with Crippen LogP contribution in [0.1, 0.15) is 44.7 Å². The zero-order valence-corrected chi connectivity index (χ0v) is 13.3. The number of amides is 2. The number of halogens is 2. The normalized spacial score (nSPS) is 13.5. The van der Waals surface area contributed by atoms with Crippen LogP contribution in [0.4, 0.5) is 13.6 Å². The third-order valence-corrected chi connectivity index (χ3v) is 3.44. The van der Waals surface area contributed by atoms with Crippen molar-refractivity contribution in [3.8, 4) is 0 Å². The van der Waals surface area contributed by atoms with Crippen LogP contribution >= 0.6 is 0 Å². The molecule has 0 saturated carbocycles. The Balaban J connectivity index is 2.77. The molecule has 0 heterocycles. The van der Waals surface area contributed by atoms with E-state index in [0.717, 1.165) is 12.5 Å². The quantitative estimate of drug-likeness (QED) is 0.812. The molecule has 0 aliphatic rings. The summed E-state index contributed by atoms with van der Waals surface area (Å²) in [5, 5.41) is 12.0. The lowest BCUT2D eigenvalue weighted by atomic mass is 10.0. The fraction of sp³-hybridized carbons (Fsp3) is 0.562. The molecule has 0 aliphatic heterocycles. The smallest absolute Gasteiger partial charge is 0.317 e. The SMILES string of the molecule is CCCC(NC(=O)N(C)CCC(C)O)c1ccc(F)cc1F. The van der Waals surface area contributed by atoms with Gasteiger partial charge in [0.05, 0.1) is 12.1 Å². The number of urea groups is 1. The Morgan fingerprint density at radius 3 is 2.59 bits per heavy atom.